The topological polar surface area (TPSA) is 53.1 Å². The van der Waals surface area contributed by atoms with Crippen LogP contribution in [0.1, 0.15) is 25.1 Å². The van der Waals surface area contributed by atoms with Gasteiger partial charge in [-0.3, -0.25) is 0 Å². The highest BCUT2D eigenvalue weighted by Crippen LogP contribution is 2.35. The van der Waals surface area contributed by atoms with Crippen molar-refractivity contribution >= 4 is 11.0 Å². The van der Waals surface area contributed by atoms with Gasteiger partial charge >= 0.3 is 0 Å². The molecular formula is C22H23N3O2. The van der Waals surface area contributed by atoms with Crippen molar-refractivity contribution in [3.8, 4) is 22.5 Å². The highest BCUT2D eigenvalue weighted by Gasteiger charge is 2.20. The number of methoxy groups -OCH3 is 1. The first-order valence-corrected chi connectivity index (χ1v) is 9.20. The van der Waals surface area contributed by atoms with Crippen LogP contribution < -0.4 is 0 Å². The molecule has 0 N–H and O–H groups in total. The summed E-state index contributed by atoms with van der Waals surface area (Å²) < 4.78 is 13.1. The molecule has 0 amide bonds. The second kappa shape index (κ2) is 7.37. The first-order valence-electron chi connectivity index (χ1n) is 9.20. The molecule has 0 spiro atoms. The zero-order valence-electron chi connectivity index (χ0n) is 15.8. The van der Waals surface area contributed by atoms with Gasteiger partial charge in [0.15, 0.2) is 5.58 Å². The number of ether oxygens (including phenoxy) is 1. The SMILES string of the molecule is CCC(COC)n1cnc(-c2ccccc2)c1-c1ccc2onc(C)c2c1. The molecule has 5 nitrogen and oxygen atoms in total. The summed E-state index contributed by atoms with van der Waals surface area (Å²) in [6.07, 6.45) is 2.88. The van der Waals surface area contributed by atoms with Gasteiger partial charge in [-0.05, 0) is 31.5 Å². The highest BCUT2D eigenvalue weighted by atomic mass is 16.5. The number of rotatable bonds is 6. The van der Waals surface area contributed by atoms with Gasteiger partial charge in [0.2, 0.25) is 0 Å². The van der Waals surface area contributed by atoms with Gasteiger partial charge in [0.25, 0.3) is 0 Å². The van der Waals surface area contributed by atoms with Crippen molar-refractivity contribution in [1.82, 2.24) is 14.7 Å². The molecule has 2 aromatic carbocycles. The number of hydrogen-bond donors (Lipinski definition) is 0. The Hall–Kier alpha value is -2.92. The van der Waals surface area contributed by atoms with Crippen LogP contribution in [0.2, 0.25) is 0 Å². The third-order valence-corrected chi connectivity index (χ3v) is 4.99. The lowest BCUT2D eigenvalue weighted by Gasteiger charge is -2.19. The van der Waals surface area contributed by atoms with Crippen molar-refractivity contribution in [3.63, 3.8) is 0 Å². The summed E-state index contributed by atoms with van der Waals surface area (Å²) in [6, 6.07) is 16.7. The number of benzene rings is 2. The number of imidazole rings is 1. The molecule has 1 atom stereocenters. The Labute approximate surface area is 158 Å². The molecule has 0 aliphatic rings. The zero-order valence-corrected chi connectivity index (χ0v) is 15.8. The van der Waals surface area contributed by atoms with Crippen LogP contribution >= 0.6 is 0 Å². The average Bonchev–Trinajstić information content (AvgIpc) is 3.31. The maximum absolute atomic E-state index is 5.46. The first-order chi connectivity index (χ1) is 13.2. The summed E-state index contributed by atoms with van der Waals surface area (Å²) in [4.78, 5) is 4.77. The van der Waals surface area contributed by atoms with E-state index in [-0.39, 0.29) is 6.04 Å². The van der Waals surface area contributed by atoms with Crippen molar-refractivity contribution in [2.45, 2.75) is 26.3 Å². The standard InChI is InChI=1S/C22H23N3O2/c1-4-18(13-26-3)25-14-23-21(16-8-6-5-7-9-16)22(25)17-10-11-20-19(12-17)15(2)24-27-20/h5-12,14,18H,4,13H2,1-3H3. The van der Waals surface area contributed by atoms with Crippen LogP contribution in [0.4, 0.5) is 0 Å². The predicted octanol–water partition coefficient (Wildman–Crippen LogP) is 5.26. The van der Waals surface area contributed by atoms with Crippen molar-refractivity contribution in [1.29, 1.82) is 0 Å². The van der Waals surface area contributed by atoms with E-state index in [1.165, 1.54) is 0 Å². The molecule has 2 heterocycles. The Morgan fingerprint density at radius 2 is 1.93 bits per heavy atom. The van der Waals surface area contributed by atoms with E-state index >= 15 is 0 Å². The molecule has 4 aromatic rings. The summed E-state index contributed by atoms with van der Waals surface area (Å²) in [5.41, 5.74) is 5.95. The summed E-state index contributed by atoms with van der Waals surface area (Å²) in [7, 11) is 1.74. The minimum Gasteiger partial charge on any atom is -0.383 e. The van der Waals surface area contributed by atoms with Crippen molar-refractivity contribution in [2.24, 2.45) is 0 Å². The van der Waals surface area contributed by atoms with E-state index in [1.807, 2.05) is 37.5 Å². The minimum atomic E-state index is 0.217. The molecule has 0 radical (unpaired) electrons. The van der Waals surface area contributed by atoms with Crippen molar-refractivity contribution in [3.05, 3.63) is 60.6 Å². The van der Waals surface area contributed by atoms with Crippen LogP contribution in [0.15, 0.2) is 59.4 Å². The van der Waals surface area contributed by atoms with Crippen LogP contribution in [0, 0.1) is 6.92 Å². The minimum absolute atomic E-state index is 0.217. The van der Waals surface area contributed by atoms with E-state index in [0.717, 1.165) is 45.6 Å². The number of nitrogens with zero attached hydrogens (tertiary/aromatic N) is 3. The summed E-state index contributed by atoms with van der Waals surface area (Å²) in [5.74, 6) is 0. The predicted molar refractivity (Wildman–Crippen MR) is 107 cm³/mol. The average molecular weight is 361 g/mol. The van der Waals surface area contributed by atoms with E-state index in [4.69, 9.17) is 14.2 Å². The van der Waals surface area contributed by atoms with Crippen LogP contribution in [0.3, 0.4) is 0 Å². The van der Waals surface area contributed by atoms with E-state index in [2.05, 4.69) is 40.9 Å². The monoisotopic (exact) mass is 361 g/mol. The second-order valence-electron chi connectivity index (χ2n) is 6.71. The molecule has 0 saturated carbocycles. The number of aromatic nitrogens is 3. The fourth-order valence-electron chi connectivity index (χ4n) is 3.52. The van der Waals surface area contributed by atoms with Gasteiger partial charge in [0.1, 0.15) is 0 Å². The Balaban J connectivity index is 1.94. The van der Waals surface area contributed by atoms with Gasteiger partial charge in [0.05, 0.1) is 36.1 Å². The number of fused-ring (bicyclic) bond motifs is 1. The molecule has 2 aromatic heterocycles. The van der Waals surface area contributed by atoms with Crippen LogP contribution in [-0.4, -0.2) is 28.4 Å². The van der Waals surface area contributed by atoms with E-state index in [0.29, 0.717) is 6.61 Å². The van der Waals surface area contributed by atoms with Gasteiger partial charge in [-0.2, -0.15) is 0 Å². The fourth-order valence-corrected chi connectivity index (χ4v) is 3.52. The third kappa shape index (κ3) is 3.15. The normalized spacial score (nSPS) is 12.6. The summed E-state index contributed by atoms with van der Waals surface area (Å²) >= 11 is 0. The zero-order chi connectivity index (χ0) is 18.8. The molecule has 0 bridgehead atoms. The lowest BCUT2D eigenvalue weighted by Crippen LogP contribution is -2.14. The molecule has 0 aliphatic heterocycles. The van der Waals surface area contributed by atoms with Gasteiger partial charge < -0.3 is 13.8 Å². The lowest BCUT2D eigenvalue weighted by molar-refractivity contribution is 0.154. The van der Waals surface area contributed by atoms with Crippen LogP contribution in [0.5, 0.6) is 0 Å². The largest absolute Gasteiger partial charge is 0.383 e. The molecule has 27 heavy (non-hydrogen) atoms. The van der Waals surface area contributed by atoms with Crippen molar-refractivity contribution < 1.29 is 9.26 Å². The maximum Gasteiger partial charge on any atom is 0.167 e. The maximum atomic E-state index is 5.46. The molecule has 0 fully saturated rings. The van der Waals surface area contributed by atoms with Gasteiger partial charge in [-0.15, -0.1) is 0 Å². The molecule has 138 valence electrons. The Kier molecular flexibility index (Phi) is 4.77. The summed E-state index contributed by atoms with van der Waals surface area (Å²) in [5, 5.41) is 5.11. The fraction of sp³-hybridized carbons (Fsp3) is 0.273. The summed E-state index contributed by atoms with van der Waals surface area (Å²) in [6.45, 7) is 4.77. The smallest absolute Gasteiger partial charge is 0.167 e. The molecular weight excluding hydrogens is 338 g/mol. The number of aryl methyl sites for hydroxylation is 1. The van der Waals surface area contributed by atoms with E-state index in [1.54, 1.807) is 7.11 Å². The van der Waals surface area contributed by atoms with Crippen molar-refractivity contribution in [2.75, 3.05) is 13.7 Å². The Morgan fingerprint density at radius 1 is 1.11 bits per heavy atom. The van der Waals surface area contributed by atoms with E-state index < -0.39 is 0 Å². The van der Waals surface area contributed by atoms with Gasteiger partial charge in [-0.25, -0.2) is 4.98 Å². The van der Waals surface area contributed by atoms with Crippen LogP contribution in [-0.2, 0) is 4.74 Å². The molecule has 0 aliphatic carbocycles. The first kappa shape index (κ1) is 17.5. The molecule has 5 heteroatoms. The highest BCUT2D eigenvalue weighted by molar-refractivity contribution is 5.88. The molecule has 0 saturated heterocycles. The molecule has 1 unspecified atom stereocenters. The lowest BCUT2D eigenvalue weighted by atomic mass is 10.0. The number of hydrogen-bond acceptors (Lipinski definition) is 4. The Bertz CT molecular complexity index is 1050. The quantitative estimate of drug-likeness (QED) is 0.470. The molecule has 4 rings (SSSR count). The Morgan fingerprint density at radius 3 is 2.67 bits per heavy atom. The van der Waals surface area contributed by atoms with Crippen LogP contribution in [0.25, 0.3) is 33.5 Å². The van der Waals surface area contributed by atoms with E-state index in [9.17, 15) is 0 Å². The second-order valence-corrected chi connectivity index (χ2v) is 6.71. The van der Waals surface area contributed by atoms with Gasteiger partial charge in [-0.1, -0.05) is 42.4 Å². The van der Waals surface area contributed by atoms with Gasteiger partial charge in [0, 0.05) is 23.6 Å². The third-order valence-electron chi connectivity index (χ3n) is 4.99.